The van der Waals surface area contributed by atoms with Gasteiger partial charge in [0, 0.05) is 17.8 Å². The lowest BCUT2D eigenvalue weighted by Gasteiger charge is -2.07. The maximum atomic E-state index is 11.6. The Hall–Kier alpha value is -3.52. The Kier molecular flexibility index (Phi) is 5.51. The van der Waals surface area contributed by atoms with Crippen molar-refractivity contribution in [2.24, 2.45) is 4.99 Å². The van der Waals surface area contributed by atoms with E-state index in [2.05, 4.69) is 16.6 Å². The maximum Gasteiger partial charge on any atom is 0.312 e. The van der Waals surface area contributed by atoms with E-state index in [-0.39, 0.29) is 22.9 Å². The van der Waals surface area contributed by atoms with Crippen LogP contribution in [0.5, 0.6) is 11.5 Å². The molecule has 0 bridgehead atoms. The van der Waals surface area contributed by atoms with Crippen molar-refractivity contribution in [3.05, 3.63) is 70.4 Å². The Morgan fingerprint density at radius 2 is 2.04 bits per heavy atom. The van der Waals surface area contributed by atoms with Gasteiger partial charge in [0.25, 0.3) is 0 Å². The molecule has 3 rings (SSSR count). The topological polar surface area (TPSA) is 97.9 Å². The summed E-state index contributed by atoms with van der Waals surface area (Å²) in [4.78, 5) is 19.5. The predicted molar refractivity (Wildman–Crippen MR) is 111 cm³/mol. The van der Waals surface area contributed by atoms with Gasteiger partial charge in [0.2, 0.25) is 5.75 Å². The van der Waals surface area contributed by atoms with E-state index in [1.54, 1.807) is 31.3 Å². The van der Waals surface area contributed by atoms with E-state index in [9.17, 15) is 15.2 Å². The van der Waals surface area contributed by atoms with E-state index in [1.165, 1.54) is 23.5 Å². The molecular formula is C20H17N3O4S. The summed E-state index contributed by atoms with van der Waals surface area (Å²) in [7, 11) is 0. The lowest BCUT2D eigenvalue weighted by molar-refractivity contribution is -0.385. The van der Waals surface area contributed by atoms with Gasteiger partial charge in [-0.3, -0.25) is 10.1 Å². The predicted octanol–water partition coefficient (Wildman–Crippen LogP) is 6.07. The van der Waals surface area contributed by atoms with Gasteiger partial charge < -0.3 is 9.84 Å². The van der Waals surface area contributed by atoms with Crippen LogP contribution >= 0.6 is 11.3 Å². The molecule has 0 radical (unpaired) electrons. The molecule has 1 N–H and O–H groups in total. The summed E-state index contributed by atoms with van der Waals surface area (Å²) in [6.07, 6.45) is 1.57. The number of aliphatic hydroxyl groups excluding tert-OH is 1. The van der Waals surface area contributed by atoms with Crippen LogP contribution in [-0.2, 0) is 0 Å². The number of hydrogen-bond donors (Lipinski definition) is 1. The summed E-state index contributed by atoms with van der Waals surface area (Å²) >= 11 is 1.20. The Balaban J connectivity index is 2.01. The van der Waals surface area contributed by atoms with E-state index in [4.69, 9.17) is 4.74 Å². The molecule has 3 aromatic rings. The third kappa shape index (κ3) is 4.07. The molecule has 0 unspecified atom stereocenters. The minimum Gasteiger partial charge on any atom is -0.506 e. The van der Waals surface area contributed by atoms with Crippen molar-refractivity contribution in [3.63, 3.8) is 0 Å². The van der Waals surface area contributed by atoms with Gasteiger partial charge in [0.15, 0.2) is 0 Å². The largest absolute Gasteiger partial charge is 0.506 e. The first-order chi connectivity index (χ1) is 13.4. The van der Waals surface area contributed by atoms with Gasteiger partial charge in [-0.2, -0.15) is 0 Å². The number of aliphatic hydroxyl groups is 1. The third-order valence-electron chi connectivity index (χ3n) is 3.78. The van der Waals surface area contributed by atoms with Crippen molar-refractivity contribution in [3.8, 4) is 22.1 Å². The average molecular weight is 395 g/mol. The summed E-state index contributed by atoms with van der Waals surface area (Å²) in [5.41, 5.74) is 1.65. The van der Waals surface area contributed by atoms with Crippen LogP contribution in [0.4, 0.5) is 10.7 Å². The maximum absolute atomic E-state index is 11.6. The molecule has 0 saturated carbocycles. The smallest absolute Gasteiger partial charge is 0.312 e. The van der Waals surface area contributed by atoms with Crippen LogP contribution < -0.4 is 4.74 Å². The number of aromatic nitrogens is 1. The Morgan fingerprint density at radius 3 is 2.64 bits per heavy atom. The molecule has 8 heteroatoms. The van der Waals surface area contributed by atoms with Crippen molar-refractivity contribution in [2.75, 3.05) is 0 Å². The fourth-order valence-corrected chi connectivity index (χ4v) is 3.42. The number of nitrogens with zero attached hydrogens (tertiary/aromatic N) is 3. The summed E-state index contributed by atoms with van der Waals surface area (Å²) < 4.78 is 5.69. The molecule has 0 amide bonds. The number of hydrogen-bond acceptors (Lipinski definition) is 7. The second-order valence-corrected chi connectivity index (χ2v) is 6.84. The highest BCUT2D eigenvalue weighted by atomic mass is 32.1. The zero-order chi connectivity index (χ0) is 20.3. The average Bonchev–Trinajstić information content (AvgIpc) is 3.08. The number of rotatable bonds is 6. The van der Waals surface area contributed by atoms with Crippen LogP contribution in [0, 0.1) is 17.0 Å². The minimum absolute atomic E-state index is 0.132. The van der Waals surface area contributed by atoms with Gasteiger partial charge in [-0.25, -0.2) is 9.98 Å². The van der Waals surface area contributed by atoms with Crippen molar-refractivity contribution >= 4 is 34.0 Å². The second-order valence-electron chi connectivity index (χ2n) is 5.86. The van der Waals surface area contributed by atoms with Crippen molar-refractivity contribution < 1.29 is 14.8 Å². The van der Waals surface area contributed by atoms with E-state index in [1.807, 2.05) is 19.1 Å². The number of nitro benzene ring substituents is 1. The lowest BCUT2D eigenvalue weighted by atomic mass is 10.2. The molecule has 1 heterocycles. The molecule has 0 saturated heterocycles. The lowest BCUT2D eigenvalue weighted by Crippen LogP contribution is -1.94. The standard InChI is InChI=1S/C20H17N3O4S/c1-4-21-20-18(13(3)24)22-19(28-20)14-7-10-17(16(11-14)23(25)26)27-15-8-5-12(2)6-9-15/h4-11,24H,3H2,1-2H3/b21-4-. The molecule has 0 fully saturated rings. The number of aryl methyl sites for hydroxylation is 1. The molecule has 0 spiro atoms. The molecular weight excluding hydrogens is 378 g/mol. The first kappa shape index (κ1) is 19.2. The number of ether oxygens (including phenoxy) is 1. The summed E-state index contributed by atoms with van der Waals surface area (Å²) in [6, 6.07) is 11.8. The number of aliphatic imine (C=N–C) groups is 1. The van der Waals surface area contributed by atoms with Crippen LogP contribution in [0.25, 0.3) is 16.3 Å². The second kappa shape index (κ2) is 8.01. The Morgan fingerprint density at radius 1 is 1.32 bits per heavy atom. The van der Waals surface area contributed by atoms with E-state index in [0.717, 1.165) is 5.56 Å². The highest BCUT2D eigenvalue weighted by Crippen LogP contribution is 2.40. The Labute approximate surface area is 165 Å². The fourth-order valence-electron chi connectivity index (χ4n) is 2.44. The fraction of sp³-hybridized carbons (Fsp3) is 0.100. The van der Waals surface area contributed by atoms with Gasteiger partial charge in [-0.15, -0.1) is 0 Å². The first-order valence-corrected chi connectivity index (χ1v) is 9.11. The molecule has 28 heavy (non-hydrogen) atoms. The molecule has 2 aromatic carbocycles. The van der Waals surface area contributed by atoms with Crippen LogP contribution in [0.2, 0.25) is 0 Å². The molecule has 0 atom stereocenters. The van der Waals surface area contributed by atoms with Gasteiger partial charge >= 0.3 is 5.69 Å². The van der Waals surface area contributed by atoms with Gasteiger partial charge in [0.1, 0.15) is 27.2 Å². The highest BCUT2D eigenvalue weighted by molar-refractivity contribution is 7.19. The van der Waals surface area contributed by atoms with Crippen LogP contribution in [0.3, 0.4) is 0 Å². The van der Waals surface area contributed by atoms with Gasteiger partial charge in [-0.05, 0) is 38.1 Å². The number of benzene rings is 2. The summed E-state index contributed by atoms with van der Waals surface area (Å²) in [5.74, 6) is 0.429. The van der Waals surface area contributed by atoms with E-state index in [0.29, 0.717) is 21.3 Å². The normalized spacial score (nSPS) is 10.9. The molecule has 0 aliphatic carbocycles. The number of nitro groups is 1. The first-order valence-electron chi connectivity index (χ1n) is 8.30. The summed E-state index contributed by atoms with van der Waals surface area (Å²) in [6.45, 7) is 7.17. The quantitative estimate of drug-likeness (QED) is 0.236. The minimum atomic E-state index is -0.502. The monoisotopic (exact) mass is 395 g/mol. The molecule has 142 valence electrons. The SMILES string of the molecule is C=C(O)c1nc(-c2ccc(Oc3ccc(C)cc3)c([N+](=O)[O-])c2)sc1/N=C\C. The van der Waals surface area contributed by atoms with Crippen LogP contribution in [-0.4, -0.2) is 21.2 Å². The van der Waals surface area contributed by atoms with Crippen molar-refractivity contribution in [1.29, 1.82) is 0 Å². The van der Waals surface area contributed by atoms with Crippen molar-refractivity contribution in [2.45, 2.75) is 13.8 Å². The molecule has 0 aliphatic rings. The Bertz CT molecular complexity index is 1070. The van der Waals surface area contributed by atoms with Crippen LogP contribution in [0.15, 0.2) is 54.0 Å². The van der Waals surface area contributed by atoms with Gasteiger partial charge in [-0.1, -0.05) is 35.6 Å². The highest BCUT2D eigenvalue weighted by Gasteiger charge is 2.20. The van der Waals surface area contributed by atoms with Crippen LogP contribution in [0.1, 0.15) is 18.2 Å². The van der Waals surface area contributed by atoms with Gasteiger partial charge in [0.05, 0.1) is 4.92 Å². The van der Waals surface area contributed by atoms with E-state index < -0.39 is 4.92 Å². The van der Waals surface area contributed by atoms with E-state index >= 15 is 0 Å². The molecule has 1 aromatic heterocycles. The molecule has 0 aliphatic heterocycles. The summed E-state index contributed by atoms with van der Waals surface area (Å²) in [5, 5.41) is 22.2. The molecule has 7 nitrogen and oxygen atoms in total. The van der Waals surface area contributed by atoms with Crippen molar-refractivity contribution in [1.82, 2.24) is 4.98 Å². The zero-order valence-electron chi connectivity index (χ0n) is 15.2. The zero-order valence-corrected chi connectivity index (χ0v) is 16.1. The third-order valence-corrected chi connectivity index (χ3v) is 4.79. The number of thiazole rings is 1.